The molecule has 126 valence electrons. The van der Waals surface area contributed by atoms with Crippen LogP contribution in [0.25, 0.3) is 0 Å². The van der Waals surface area contributed by atoms with Crippen LogP contribution in [0.5, 0.6) is 0 Å². The van der Waals surface area contributed by atoms with E-state index >= 15 is 0 Å². The Kier molecular flexibility index (Phi) is 5.59. The van der Waals surface area contributed by atoms with Gasteiger partial charge in [0.1, 0.15) is 0 Å². The van der Waals surface area contributed by atoms with Crippen LogP contribution in [0.1, 0.15) is 44.4 Å². The highest BCUT2D eigenvalue weighted by Crippen LogP contribution is 2.22. The van der Waals surface area contributed by atoms with Crippen LogP contribution >= 0.6 is 0 Å². The van der Waals surface area contributed by atoms with Crippen molar-refractivity contribution in [2.24, 2.45) is 0 Å². The molecular formula is C17H25N3O2S. The summed E-state index contributed by atoms with van der Waals surface area (Å²) in [4.78, 5) is 0.328. The molecule has 1 unspecified atom stereocenters. The maximum absolute atomic E-state index is 12.7. The molecule has 0 aliphatic heterocycles. The predicted octanol–water partition coefficient (Wildman–Crippen LogP) is 3.24. The second kappa shape index (κ2) is 7.27. The van der Waals surface area contributed by atoms with Crippen molar-refractivity contribution in [2.75, 3.05) is 7.05 Å². The summed E-state index contributed by atoms with van der Waals surface area (Å²) in [6, 6.07) is 9.06. The fourth-order valence-corrected chi connectivity index (χ4v) is 3.62. The van der Waals surface area contributed by atoms with Crippen LogP contribution < -0.4 is 0 Å². The van der Waals surface area contributed by atoms with Gasteiger partial charge in [0.2, 0.25) is 10.0 Å². The van der Waals surface area contributed by atoms with E-state index in [1.54, 1.807) is 30.1 Å². The van der Waals surface area contributed by atoms with E-state index in [2.05, 4.69) is 18.9 Å². The lowest BCUT2D eigenvalue weighted by Gasteiger charge is -2.18. The number of nitrogens with zero attached hydrogens (tertiary/aromatic N) is 3. The van der Waals surface area contributed by atoms with Gasteiger partial charge in [-0.3, -0.25) is 4.68 Å². The topological polar surface area (TPSA) is 55.2 Å². The van der Waals surface area contributed by atoms with Crippen LogP contribution in [-0.4, -0.2) is 29.6 Å². The standard InChI is InChI=1S/C17H25N3O2S/c1-5-14(3)15-7-9-17(10-8-15)23(21,22)19(4)13-16-11-12-18-20(16)6-2/h7-12,14H,5-6,13H2,1-4H3. The molecule has 0 saturated heterocycles. The van der Waals surface area contributed by atoms with E-state index in [1.165, 1.54) is 4.31 Å². The molecule has 1 aromatic carbocycles. The molecule has 0 amide bonds. The highest BCUT2D eigenvalue weighted by atomic mass is 32.2. The fourth-order valence-electron chi connectivity index (χ4n) is 2.48. The quantitative estimate of drug-likeness (QED) is 0.780. The molecule has 5 nitrogen and oxygen atoms in total. The number of rotatable bonds is 7. The Morgan fingerprint density at radius 3 is 2.39 bits per heavy atom. The first-order valence-corrected chi connectivity index (χ1v) is 9.41. The van der Waals surface area contributed by atoms with Crippen LogP contribution in [0, 0.1) is 0 Å². The summed E-state index contributed by atoms with van der Waals surface area (Å²) in [5.41, 5.74) is 2.05. The van der Waals surface area contributed by atoms with E-state index in [0.717, 1.165) is 24.2 Å². The van der Waals surface area contributed by atoms with Crippen LogP contribution in [0.2, 0.25) is 0 Å². The number of hydrogen-bond donors (Lipinski definition) is 0. The van der Waals surface area contributed by atoms with Crippen molar-refractivity contribution < 1.29 is 8.42 Å². The maximum atomic E-state index is 12.7. The molecule has 0 bridgehead atoms. The van der Waals surface area contributed by atoms with E-state index in [-0.39, 0.29) is 0 Å². The third-order valence-electron chi connectivity index (χ3n) is 4.26. The second-order valence-electron chi connectivity index (χ2n) is 5.78. The Hall–Kier alpha value is -1.66. The lowest BCUT2D eigenvalue weighted by molar-refractivity contribution is 0.447. The van der Waals surface area contributed by atoms with Crippen molar-refractivity contribution in [1.82, 2.24) is 14.1 Å². The third kappa shape index (κ3) is 3.82. The molecule has 0 radical (unpaired) electrons. The first-order valence-electron chi connectivity index (χ1n) is 7.97. The first-order chi connectivity index (χ1) is 10.9. The predicted molar refractivity (Wildman–Crippen MR) is 91.7 cm³/mol. The molecule has 6 heteroatoms. The van der Waals surface area contributed by atoms with Gasteiger partial charge in [0.15, 0.2) is 0 Å². The van der Waals surface area contributed by atoms with Gasteiger partial charge in [0.25, 0.3) is 0 Å². The van der Waals surface area contributed by atoms with Gasteiger partial charge in [-0.1, -0.05) is 26.0 Å². The van der Waals surface area contributed by atoms with Crippen molar-refractivity contribution in [3.8, 4) is 0 Å². The minimum absolute atomic E-state index is 0.309. The van der Waals surface area contributed by atoms with Crippen LogP contribution in [0.3, 0.4) is 0 Å². The van der Waals surface area contributed by atoms with Crippen molar-refractivity contribution in [3.05, 3.63) is 47.8 Å². The van der Waals surface area contributed by atoms with E-state index in [9.17, 15) is 8.42 Å². The van der Waals surface area contributed by atoms with E-state index in [1.807, 2.05) is 25.1 Å². The minimum atomic E-state index is -3.50. The summed E-state index contributed by atoms with van der Waals surface area (Å²) in [5.74, 6) is 0.434. The number of hydrogen-bond acceptors (Lipinski definition) is 3. The van der Waals surface area contributed by atoms with Gasteiger partial charge in [-0.25, -0.2) is 8.42 Å². The molecule has 2 aromatic rings. The van der Waals surface area contributed by atoms with Gasteiger partial charge in [-0.05, 0) is 43.0 Å². The summed E-state index contributed by atoms with van der Waals surface area (Å²) in [7, 11) is -1.89. The molecule has 1 atom stereocenters. The number of benzene rings is 1. The normalized spacial score (nSPS) is 13.4. The van der Waals surface area contributed by atoms with E-state index in [0.29, 0.717) is 17.4 Å². The summed E-state index contributed by atoms with van der Waals surface area (Å²) >= 11 is 0. The average molecular weight is 335 g/mol. The molecule has 1 heterocycles. The Morgan fingerprint density at radius 2 is 1.83 bits per heavy atom. The molecular weight excluding hydrogens is 310 g/mol. The minimum Gasteiger partial charge on any atom is -0.269 e. The van der Waals surface area contributed by atoms with E-state index in [4.69, 9.17) is 0 Å². The zero-order valence-electron chi connectivity index (χ0n) is 14.2. The summed E-state index contributed by atoms with van der Waals surface area (Å²) in [5, 5.41) is 4.18. The van der Waals surface area contributed by atoms with Gasteiger partial charge < -0.3 is 0 Å². The van der Waals surface area contributed by atoms with Gasteiger partial charge in [-0.2, -0.15) is 9.40 Å². The van der Waals surface area contributed by atoms with Crippen LogP contribution in [0.4, 0.5) is 0 Å². The molecule has 0 spiro atoms. The summed E-state index contributed by atoms with van der Waals surface area (Å²) in [6.45, 7) is 7.28. The number of sulfonamides is 1. The zero-order valence-corrected chi connectivity index (χ0v) is 15.0. The van der Waals surface area contributed by atoms with Gasteiger partial charge in [0, 0.05) is 19.8 Å². The van der Waals surface area contributed by atoms with Crippen molar-refractivity contribution in [2.45, 2.75) is 51.1 Å². The SMILES string of the molecule is CCC(C)c1ccc(S(=O)(=O)N(C)Cc2ccnn2CC)cc1. The second-order valence-corrected chi connectivity index (χ2v) is 7.82. The van der Waals surface area contributed by atoms with Crippen molar-refractivity contribution >= 4 is 10.0 Å². The number of aromatic nitrogens is 2. The average Bonchev–Trinajstić information content (AvgIpc) is 3.01. The lowest BCUT2D eigenvalue weighted by Crippen LogP contribution is -2.27. The first kappa shape index (κ1) is 17.7. The molecule has 2 rings (SSSR count). The van der Waals surface area contributed by atoms with Crippen molar-refractivity contribution in [1.29, 1.82) is 0 Å². The van der Waals surface area contributed by atoms with E-state index < -0.39 is 10.0 Å². The molecule has 0 N–H and O–H groups in total. The summed E-state index contributed by atoms with van der Waals surface area (Å²) < 4.78 is 28.6. The van der Waals surface area contributed by atoms with Crippen LogP contribution in [-0.2, 0) is 23.1 Å². The molecule has 0 aliphatic carbocycles. The molecule has 1 aromatic heterocycles. The van der Waals surface area contributed by atoms with Gasteiger partial charge in [0.05, 0.1) is 17.1 Å². The summed E-state index contributed by atoms with van der Waals surface area (Å²) in [6.07, 6.45) is 2.73. The molecule has 23 heavy (non-hydrogen) atoms. The fraction of sp³-hybridized carbons (Fsp3) is 0.471. The molecule has 0 saturated carbocycles. The Bertz CT molecular complexity index is 735. The van der Waals surface area contributed by atoms with Crippen molar-refractivity contribution in [3.63, 3.8) is 0 Å². The molecule has 0 fully saturated rings. The zero-order chi connectivity index (χ0) is 17.0. The van der Waals surface area contributed by atoms with Gasteiger partial charge in [-0.15, -0.1) is 0 Å². The monoisotopic (exact) mass is 335 g/mol. The Labute approximate surface area is 139 Å². The third-order valence-corrected chi connectivity index (χ3v) is 6.08. The highest BCUT2D eigenvalue weighted by molar-refractivity contribution is 7.89. The largest absolute Gasteiger partial charge is 0.269 e. The lowest BCUT2D eigenvalue weighted by atomic mass is 9.99. The Balaban J connectivity index is 2.20. The number of aryl methyl sites for hydroxylation is 1. The Morgan fingerprint density at radius 1 is 1.17 bits per heavy atom. The van der Waals surface area contributed by atoms with Gasteiger partial charge >= 0.3 is 0 Å². The molecule has 0 aliphatic rings. The highest BCUT2D eigenvalue weighted by Gasteiger charge is 2.22. The smallest absolute Gasteiger partial charge is 0.243 e. The van der Waals surface area contributed by atoms with Crippen LogP contribution in [0.15, 0.2) is 41.4 Å². The maximum Gasteiger partial charge on any atom is 0.243 e.